The van der Waals surface area contributed by atoms with Gasteiger partial charge in [-0.1, -0.05) is 12.1 Å². The first-order chi connectivity index (χ1) is 8.57. The molecule has 1 unspecified atom stereocenters. The number of benzene rings is 1. The summed E-state index contributed by atoms with van der Waals surface area (Å²) in [4.78, 5) is 12.8. The van der Waals surface area contributed by atoms with Gasteiger partial charge < -0.3 is 9.84 Å². The van der Waals surface area contributed by atoms with Gasteiger partial charge in [-0.05, 0) is 38.7 Å². The van der Waals surface area contributed by atoms with Gasteiger partial charge in [0.25, 0.3) is 0 Å². The lowest BCUT2D eigenvalue weighted by atomic mass is 9.91. The minimum absolute atomic E-state index is 0.361. The minimum atomic E-state index is -4.76. The van der Waals surface area contributed by atoms with Crippen molar-refractivity contribution in [3.8, 4) is 5.75 Å². The molecule has 0 aliphatic carbocycles. The predicted molar refractivity (Wildman–Crippen MR) is 61.8 cm³/mol. The van der Waals surface area contributed by atoms with E-state index in [1.165, 1.54) is 24.0 Å². The number of alkyl halides is 3. The van der Waals surface area contributed by atoms with Crippen LogP contribution in [0, 0.1) is 0 Å². The zero-order chi connectivity index (χ0) is 14.8. The fraction of sp³-hybridized carbons (Fsp3) is 0.417. The Morgan fingerprint density at radius 3 is 2.00 bits per heavy atom. The molecule has 19 heavy (non-hydrogen) atoms. The van der Waals surface area contributed by atoms with Crippen molar-refractivity contribution >= 4 is 5.97 Å². The second kappa shape index (κ2) is 5.08. The lowest BCUT2D eigenvalue weighted by Crippen LogP contribution is -2.45. The van der Waals surface area contributed by atoms with Crippen LogP contribution < -0.4 is 4.74 Å². The van der Waals surface area contributed by atoms with Crippen LogP contribution in [-0.2, 0) is 10.3 Å². The molecule has 1 aromatic rings. The maximum absolute atomic E-state index is 12.0. The maximum Gasteiger partial charge on any atom is 0.573 e. The molecule has 0 aromatic heterocycles. The average molecular weight is 277 g/mol. The topological polar surface area (TPSA) is 49.8 Å². The number of aliphatic carboxylic acids is 1. The number of carboxylic acids is 1. The number of carboxylic acid groups (broad SMARTS) is 1. The zero-order valence-corrected chi connectivity index (χ0v) is 10.7. The summed E-state index contributed by atoms with van der Waals surface area (Å²) in [6, 6.07) is 4.78. The Labute approximate surface area is 108 Å². The molecule has 1 rings (SSSR count). The van der Waals surface area contributed by atoms with Crippen LogP contribution in [0.3, 0.4) is 0 Å². The van der Waals surface area contributed by atoms with Gasteiger partial charge >= 0.3 is 12.3 Å². The first-order valence-corrected chi connectivity index (χ1v) is 5.34. The fourth-order valence-electron chi connectivity index (χ4n) is 1.55. The number of hydrogen-bond acceptors (Lipinski definition) is 3. The molecule has 106 valence electrons. The molecule has 0 spiro atoms. The normalized spacial score (nSPS) is 15.1. The third-order valence-electron chi connectivity index (χ3n) is 2.96. The van der Waals surface area contributed by atoms with Crippen molar-refractivity contribution in [2.75, 3.05) is 14.1 Å². The number of rotatable bonds is 4. The van der Waals surface area contributed by atoms with Crippen LogP contribution in [0.2, 0.25) is 0 Å². The molecular formula is C12H14F3NO3. The third-order valence-corrected chi connectivity index (χ3v) is 2.96. The molecule has 0 bridgehead atoms. The van der Waals surface area contributed by atoms with Gasteiger partial charge in [-0.15, -0.1) is 13.2 Å². The van der Waals surface area contributed by atoms with Gasteiger partial charge in [-0.3, -0.25) is 4.90 Å². The quantitative estimate of drug-likeness (QED) is 0.918. The summed E-state index contributed by atoms with van der Waals surface area (Å²) in [5.41, 5.74) is -0.962. The maximum atomic E-state index is 12.0. The van der Waals surface area contributed by atoms with E-state index in [2.05, 4.69) is 4.74 Å². The van der Waals surface area contributed by atoms with Gasteiger partial charge in [0.15, 0.2) is 0 Å². The second-order valence-electron chi connectivity index (χ2n) is 4.34. The van der Waals surface area contributed by atoms with Gasteiger partial charge in [-0.25, -0.2) is 4.79 Å². The number of hydrogen-bond donors (Lipinski definition) is 1. The number of ether oxygens (including phenoxy) is 1. The van der Waals surface area contributed by atoms with Crippen molar-refractivity contribution < 1.29 is 27.8 Å². The largest absolute Gasteiger partial charge is 0.573 e. The van der Waals surface area contributed by atoms with Crippen LogP contribution >= 0.6 is 0 Å². The smallest absolute Gasteiger partial charge is 0.480 e. The molecule has 0 aliphatic heterocycles. The molecule has 0 aliphatic rings. The monoisotopic (exact) mass is 277 g/mol. The summed E-state index contributed by atoms with van der Waals surface area (Å²) in [5.74, 6) is -1.48. The highest BCUT2D eigenvalue weighted by Crippen LogP contribution is 2.29. The van der Waals surface area contributed by atoms with Crippen molar-refractivity contribution in [3.63, 3.8) is 0 Å². The molecule has 0 saturated carbocycles. The Balaban J connectivity index is 3.07. The van der Waals surface area contributed by atoms with Crippen molar-refractivity contribution in [1.29, 1.82) is 0 Å². The zero-order valence-electron chi connectivity index (χ0n) is 10.7. The highest BCUT2D eigenvalue weighted by molar-refractivity contribution is 5.80. The third kappa shape index (κ3) is 3.37. The number of nitrogens with zero attached hydrogens (tertiary/aromatic N) is 1. The number of carbonyl (C=O) groups is 1. The Kier molecular flexibility index (Phi) is 4.09. The van der Waals surface area contributed by atoms with Crippen molar-refractivity contribution in [3.05, 3.63) is 29.8 Å². The van der Waals surface area contributed by atoms with Crippen LogP contribution in [0.25, 0.3) is 0 Å². The van der Waals surface area contributed by atoms with E-state index in [-0.39, 0.29) is 5.75 Å². The lowest BCUT2D eigenvalue weighted by Gasteiger charge is -2.32. The summed E-state index contributed by atoms with van der Waals surface area (Å²) < 4.78 is 39.8. The molecule has 0 radical (unpaired) electrons. The number of halogens is 3. The molecule has 0 saturated heterocycles. The van der Waals surface area contributed by atoms with Crippen LogP contribution in [-0.4, -0.2) is 36.4 Å². The van der Waals surface area contributed by atoms with Gasteiger partial charge in [0.1, 0.15) is 11.3 Å². The average Bonchev–Trinajstić information content (AvgIpc) is 2.26. The minimum Gasteiger partial charge on any atom is -0.480 e. The SMILES string of the molecule is CN(C)C(C)(C(=O)O)c1ccc(OC(F)(F)F)cc1. The Bertz CT molecular complexity index is 456. The highest BCUT2D eigenvalue weighted by atomic mass is 19.4. The van der Waals surface area contributed by atoms with Crippen molar-refractivity contribution in [2.24, 2.45) is 0 Å². The van der Waals surface area contributed by atoms with E-state index in [9.17, 15) is 23.1 Å². The predicted octanol–water partition coefficient (Wildman–Crippen LogP) is 2.45. The van der Waals surface area contributed by atoms with E-state index >= 15 is 0 Å². The lowest BCUT2D eigenvalue weighted by molar-refractivity contribution is -0.274. The first-order valence-electron chi connectivity index (χ1n) is 5.34. The van der Waals surface area contributed by atoms with E-state index in [0.717, 1.165) is 12.1 Å². The summed E-state index contributed by atoms with van der Waals surface area (Å²) in [6.07, 6.45) is -4.76. The molecule has 0 fully saturated rings. The summed E-state index contributed by atoms with van der Waals surface area (Å²) in [7, 11) is 3.16. The molecule has 7 heteroatoms. The summed E-state index contributed by atoms with van der Waals surface area (Å²) in [6.45, 7) is 1.47. The Morgan fingerprint density at radius 2 is 1.68 bits per heavy atom. The van der Waals surface area contributed by atoms with Gasteiger partial charge in [0, 0.05) is 0 Å². The van der Waals surface area contributed by atoms with Gasteiger partial charge in [0.05, 0.1) is 0 Å². The van der Waals surface area contributed by atoms with E-state index in [0.29, 0.717) is 5.56 Å². The molecule has 1 N–H and O–H groups in total. The molecule has 1 aromatic carbocycles. The Hall–Kier alpha value is -1.76. The fourth-order valence-corrected chi connectivity index (χ4v) is 1.55. The molecule has 0 amide bonds. The van der Waals surface area contributed by atoms with Crippen LogP contribution in [0.1, 0.15) is 12.5 Å². The van der Waals surface area contributed by atoms with E-state index in [1.54, 1.807) is 14.1 Å². The van der Waals surface area contributed by atoms with Gasteiger partial charge in [-0.2, -0.15) is 0 Å². The molecule has 0 heterocycles. The van der Waals surface area contributed by atoms with Crippen LogP contribution in [0.5, 0.6) is 5.75 Å². The summed E-state index contributed by atoms with van der Waals surface area (Å²) >= 11 is 0. The standard InChI is InChI=1S/C12H14F3NO3/c1-11(10(17)18,16(2)3)8-4-6-9(7-5-8)19-12(13,14)15/h4-7H,1-3H3,(H,17,18). The van der Waals surface area contributed by atoms with Crippen LogP contribution in [0.15, 0.2) is 24.3 Å². The molecule has 1 atom stereocenters. The second-order valence-corrected chi connectivity index (χ2v) is 4.34. The van der Waals surface area contributed by atoms with E-state index in [1.807, 2.05) is 0 Å². The Morgan fingerprint density at radius 1 is 1.21 bits per heavy atom. The van der Waals surface area contributed by atoms with Crippen molar-refractivity contribution in [2.45, 2.75) is 18.8 Å². The van der Waals surface area contributed by atoms with Gasteiger partial charge in [0.2, 0.25) is 0 Å². The molecule has 4 nitrogen and oxygen atoms in total. The van der Waals surface area contributed by atoms with E-state index in [4.69, 9.17) is 0 Å². The first kappa shape index (κ1) is 15.3. The van der Waals surface area contributed by atoms with Crippen molar-refractivity contribution in [1.82, 2.24) is 4.90 Å². The molecular weight excluding hydrogens is 263 g/mol. The van der Waals surface area contributed by atoms with E-state index < -0.39 is 17.9 Å². The van der Waals surface area contributed by atoms with Crippen LogP contribution in [0.4, 0.5) is 13.2 Å². The summed E-state index contributed by atoms with van der Waals surface area (Å²) in [5, 5.41) is 9.26. The number of likely N-dealkylation sites (N-methyl/N-ethyl adjacent to an activating group) is 1. The highest BCUT2D eigenvalue weighted by Gasteiger charge is 2.38.